The highest BCUT2D eigenvalue weighted by Crippen LogP contribution is 2.14. The first-order valence-electron chi connectivity index (χ1n) is 5.89. The Bertz CT molecular complexity index is 687. The SMILES string of the molecule is CNc1cc(S(=O)(=O)NCc2ccc(Cl)cc2)ccn1. The molecule has 7 heteroatoms. The van der Waals surface area contributed by atoms with E-state index in [0.29, 0.717) is 10.8 Å². The quantitative estimate of drug-likeness (QED) is 0.888. The highest BCUT2D eigenvalue weighted by atomic mass is 35.5. The summed E-state index contributed by atoms with van der Waals surface area (Å²) in [6.45, 7) is 0.205. The molecular weight excluding hydrogens is 298 g/mol. The lowest BCUT2D eigenvalue weighted by atomic mass is 10.2. The van der Waals surface area contributed by atoms with Gasteiger partial charge in [0.05, 0.1) is 4.90 Å². The van der Waals surface area contributed by atoms with Crippen molar-refractivity contribution in [2.24, 2.45) is 0 Å². The summed E-state index contributed by atoms with van der Waals surface area (Å²) >= 11 is 5.78. The molecule has 0 bridgehead atoms. The van der Waals surface area contributed by atoms with Crippen LogP contribution in [0.25, 0.3) is 0 Å². The highest BCUT2D eigenvalue weighted by molar-refractivity contribution is 7.89. The molecule has 106 valence electrons. The van der Waals surface area contributed by atoms with Crippen LogP contribution in [0.4, 0.5) is 5.82 Å². The molecule has 0 saturated carbocycles. The normalized spacial score (nSPS) is 11.3. The zero-order valence-electron chi connectivity index (χ0n) is 10.8. The first-order valence-corrected chi connectivity index (χ1v) is 7.75. The lowest BCUT2D eigenvalue weighted by molar-refractivity contribution is 0.581. The Kier molecular flexibility index (Phi) is 4.59. The monoisotopic (exact) mass is 311 g/mol. The molecular formula is C13H14ClN3O2S. The van der Waals surface area contributed by atoms with E-state index >= 15 is 0 Å². The highest BCUT2D eigenvalue weighted by Gasteiger charge is 2.14. The van der Waals surface area contributed by atoms with Crippen LogP contribution in [0.15, 0.2) is 47.5 Å². The van der Waals surface area contributed by atoms with Crippen molar-refractivity contribution in [1.29, 1.82) is 0 Å². The first-order chi connectivity index (χ1) is 9.51. The summed E-state index contributed by atoms with van der Waals surface area (Å²) in [6.07, 6.45) is 1.45. The molecule has 2 aromatic rings. The fourth-order valence-electron chi connectivity index (χ4n) is 1.58. The second kappa shape index (κ2) is 6.21. The number of rotatable bonds is 5. The van der Waals surface area contributed by atoms with E-state index in [0.717, 1.165) is 5.56 Å². The Labute approximate surface area is 123 Å². The van der Waals surface area contributed by atoms with Crippen LogP contribution in [0.2, 0.25) is 5.02 Å². The number of hydrogen-bond acceptors (Lipinski definition) is 4. The van der Waals surface area contributed by atoms with Gasteiger partial charge in [0, 0.05) is 30.9 Å². The summed E-state index contributed by atoms with van der Waals surface area (Å²) in [5, 5.41) is 3.42. The van der Waals surface area contributed by atoms with Gasteiger partial charge in [-0.25, -0.2) is 18.1 Å². The zero-order chi connectivity index (χ0) is 14.6. The van der Waals surface area contributed by atoms with Crippen molar-refractivity contribution in [3.8, 4) is 0 Å². The maximum absolute atomic E-state index is 12.1. The fourth-order valence-corrected chi connectivity index (χ4v) is 2.74. The van der Waals surface area contributed by atoms with Crippen molar-refractivity contribution >= 4 is 27.4 Å². The summed E-state index contributed by atoms with van der Waals surface area (Å²) in [4.78, 5) is 4.15. The van der Waals surface area contributed by atoms with E-state index < -0.39 is 10.0 Å². The van der Waals surface area contributed by atoms with Crippen molar-refractivity contribution in [3.63, 3.8) is 0 Å². The predicted octanol–water partition coefficient (Wildman–Crippen LogP) is 2.26. The Hall–Kier alpha value is -1.63. The van der Waals surface area contributed by atoms with E-state index in [1.165, 1.54) is 18.3 Å². The van der Waals surface area contributed by atoms with E-state index in [1.54, 1.807) is 31.3 Å². The summed E-state index contributed by atoms with van der Waals surface area (Å²) in [5.41, 5.74) is 0.834. The molecule has 20 heavy (non-hydrogen) atoms. The number of nitrogens with one attached hydrogen (secondary N) is 2. The molecule has 5 nitrogen and oxygen atoms in total. The second-order valence-corrected chi connectivity index (χ2v) is 6.28. The van der Waals surface area contributed by atoms with Gasteiger partial charge in [0.2, 0.25) is 10.0 Å². The molecule has 0 aliphatic carbocycles. The minimum absolute atomic E-state index is 0.172. The Morgan fingerprint density at radius 2 is 1.90 bits per heavy atom. The van der Waals surface area contributed by atoms with Gasteiger partial charge in [-0.3, -0.25) is 0 Å². The number of benzene rings is 1. The fraction of sp³-hybridized carbons (Fsp3) is 0.154. The van der Waals surface area contributed by atoms with Crippen molar-refractivity contribution in [1.82, 2.24) is 9.71 Å². The van der Waals surface area contributed by atoms with Crippen LogP contribution in [0.3, 0.4) is 0 Å². The number of nitrogens with zero attached hydrogens (tertiary/aromatic N) is 1. The Morgan fingerprint density at radius 3 is 2.55 bits per heavy atom. The molecule has 0 radical (unpaired) electrons. The largest absolute Gasteiger partial charge is 0.373 e. The summed E-state index contributed by atoms with van der Waals surface area (Å²) in [5.74, 6) is 0.499. The maximum atomic E-state index is 12.1. The molecule has 2 N–H and O–H groups in total. The van der Waals surface area contributed by atoms with Crippen LogP contribution in [0.5, 0.6) is 0 Å². The summed E-state index contributed by atoms with van der Waals surface area (Å²) in [7, 11) is -1.88. The van der Waals surface area contributed by atoms with Crippen molar-refractivity contribution < 1.29 is 8.42 Å². The molecule has 2 rings (SSSR count). The molecule has 1 heterocycles. The Balaban J connectivity index is 2.12. The molecule has 0 saturated heterocycles. The van der Waals surface area contributed by atoms with Gasteiger partial charge in [-0.2, -0.15) is 0 Å². The van der Waals surface area contributed by atoms with E-state index in [4.69, 9.17) is 11.6 Å². The summed E-state index contributed by atoms with van der Waals surface area (Å²) in [6, 6.07) is 9.91. The second-order valence-electron chi connectivity index (χ2n) is 4.08. The standard InChI is InChI=1S/C13H14ClN3O2S/c1-15-13-8-12(6-7-16-13)20(18,19)17-9-10-2-4-11(14)5-3-10/h2-8,17H,9H2,1H3,(H,15,16). The van der Waals surface area contributed by atoms with Gasteiger partial charge < -0.3 is 5.32 Å². The van der Waals surface area contributed by atoms with Crippen LogP contribution >= 0.6 is 11.6 Å². The molecule has 0 amide bonds. The van der Waals surface area contributed by atoms with Crippen LogP contribution in [0, 0.1) is 0 Å². The van der Waals surface area contributed by atoms with E-state index in [2.05, 4.69) is 15.0 Å². The van der Waals surface area contributed by atoms with Gasteiger partial charge in [0.1, 0.15) is 5.82 Å². The van der Waals surface area contributed by atoms with Gasteiger partial charge >= 0.3 is 0 Å². The number of pyridine rings is 1. The van der Waals surface area contributed by atoms with Crippen LogP contribution in [-0.2, 0) is 16.6 Å². The lowest BCUT2D eigenvalue weighted by Gasteiger charge is -2.08. The zero-order valence-corrected chi connectivity index (χ0v) is 12.4. The topological polar surface area (TPSA) is 71.1 Å². The summed E-state index contributed by atoms with van der Waals surface area (Å²) < 4.78 is 26.8. The third-order valence-corrected chi connectivity index (χ3v) is 4.33. The first kappa shape index (κ1) is 14.8. The van der Waals surface area contributed by atoms with Gasteiger partial charge in [-0.15, -0.1) is 0 Å². The molecule has 0 atom stereocenters. The van der Waals surface area contributed by atoms with Crippen molar-refractivity contribution in [3.05, 3.63) is 53.2 Å². The lowest BCUT2D eigenvalue weighted by Crippen LogP contribution is -2.23. The molecule has 0 unspecified atom stereocenters. The Morgan fingerprint density at radius 1 is 1.20 bits per heavy atom. The van der Waals surface area contributed by atoms with E-state index in [9.17, 15) is 8.42 Å². The van der Waals surface area contributed by atoms with Gasteiger partial charge in [-0.05, 0) is 23.8 Å². The number of sulfonamides is 1. The molecule has 0 fully saturated rings. The predicted molar refractivity (Wildman–Crippen MR) is 79.3 cm³/mol. The minimum atomic E-state index is -3.56. The molecule has 0 spiro atoms. The average molecular weight is 312 g/mol. The minimum Gasteiger partial charge on any atom is -0.373 e. The molecule has 0 aliphatic heterocycles. The van der Waals surface area contributed by atoms with E-state index in [1.807, 2.05) is 0 Å². The van der Waals surface area contributed by atoms with Crippen molar-refractivity contribution in [2.75, 3.05) is 12.4 Å². The molecule has 0 aliphatic rings. The van der Waals surface area contributed by atoms with Crippen LogP contribution in [0.1, 0.15) is 5.56 Å². The van der Waals surface area contributed by atoms with Crippen molar-refractivity contribution in [2.45, 2.75) is 11.4 Å². The van der Waals surface area contributed by atoms with Gasteiger partial charge in [0.15, 0.2) is 0 Å². The maximum Gasteiger partial charge on any atom is 0.241 e. The third kappa shape index (κ3) is 3.69. The number of hydrogen-bond donors (Lipinski definition) is 2. The number of anilines is 1. The van der Waals surface area contributed by atoms with E-state index in [-0.39, 0.29) is 11.4 Å². The van der Waals surface area contributed by atoms with Crippen LogP contribution in [-0.4, -0.2) is 20.4 Å². The smallest absolute Gasteiger partial charge is 0.241 e. The average Bonchev–Trinajstić information content (AvgIpc) is 2.47. The number of halogens is 1. The van der Waals surface area contributed by atoms with Gasteiger partial charge in [0.25, 0.3) is 0 Å². The van der Waals surface area contributed by atoms with Gasteiger partial charge in [-0.1, -0.05) is 23.7 Å². The number of aromatic nitrogens is 1. The third-order valence-electron chi connectivity index (χ3n) is 2.68. The molecule has 1 aromatic carbocycles. The van der Waals surface area contributed by atoms with Crippen LogP contribution < -0.4 is 10.0 Å². The molecule has 1 aromatic heterocycles.